The molecule has 0 spiro atoms. The maximum atomic E-state index is 9.93. The summed E-state index contributed by atoms with van der Waals surface area (Å²) in [6.45, 7) is 6.79. The number of nitrogens with one attached hydrogen (secondary N) is 1. The third-order valence-electron chi connectivity index (χ3n) is 4.69. The Morgan fingerprint density at radius 3 is 2.68 bits per heavy atom. The fourth-order valence-corrected chi connectivity index (χ4v) is 3.15. The first-order valence-corrected chi connectivity index (χ1v) is 8.15. The first-order chi connectivity index (χ1) is 9.15. The number of ether oxygens (including phenoxy) is 1. The van der Waals surface area contributed by atoms with Crippen molar-refractivity contribution in [3.8, 4) is 0 Å². The molecule has 0 aromatic heterocycles. The van der Waals surface area contributed by atoms with Crippen molar-refractivity contribution >= 4 is 0 Å². The minimum absolute atomic E-state index is 0.358. The van der Waals surface area contributed by atoms with Crippen LogP contribution in [0.2, 0.25) is 0 Å². The second kappa shape index (κ2) is 7.61. The van der Waals surface area contributed by atoms with Crippen LogP contribution in [0.15, 0.2) is 0 Å². The molecule has 0 heterocycles. The Hall–Kier alpha value is -0.120. The van der Waals surface area contributed by atoms with E-state index in [1.807, 2.05) is 0 Å². The molecule has 0 bridgehead atoms. The van der Waals surface area contributed by atoms with E-state index >= 15 is 0 Å². The predicted molar refractivity (Wildman–Crippen MR) is 78.1 cm³/mol. The fraction of sp³-hybridized carbons (Fsp3) is 1.00. The standard InChI is InChI=1S/C16H31NO2/c1-12-4-3-5-16(8-12)19-11-15(18)10-17-9-13(2)14-6-7-14/h12-18H,3-11H2,1-2H3. The van der Waals surface area contributed by atoms with Gasteiger partial charge in [-0.2, -0.15) is 0 Å². The van der Waals surface area contributed by atoms with Gasteiger partial charge >= 0.3 is 0 Å². The van der Waals surface area contributed by atoms with Gasteiger partial charge in [0, 0.05) is 6.54 Å². The van der Waals surface area contributed by atoms with Crippen molar-refractivity contribution in [3.63, 3.8) is 0 Å². The van der Waals surface area contributed by atoms with Crippen LogP contribution in [-0.4, -0.2) is 37.0 Å². The Labute approximate surface area is 118 Å². The molecule has 3 heteroatoms. The third kappa shape index (κ3) is 5.80. The SMILES string of the molecule is CC1CCCC(OCC(O)CNCC(C)C2CC2)C1. The molecule has 0 aromatic rings. The Kier molecular flexibility index (Phi) is 6.11. The quantitative estimate of drug-likeness (QED) is 0.711. The molecule has 2 aliphatic carbocycles. The topological polar surface area (TPSA) is 41.5 Å². The van der Waals surface area contributed by atoms with Gasteiger partial charge in [0.2, 0.25) is 0 Å². The molecular formula is C16H31NO2. The molecule has 0 aromatic carbocycles. The van der Waals surface area contributed by atoms with Crippen LogP contribution in [0, 0.1) is 17.8 Å². The zero-order valence-corrected chi connectivity index (χ0v) is 12.6. The third-order valence-corrected chi connectivity index (χ3v) is 4.69. The summed E-state index contributed by atoms with van der Waals surface area (Å²) in [5, 5.41) is 13.3. The molecule has 3 nitrogen and oxygen atoms in total. The number of hydrogen-bond donors (Lipinski definition) is 2. The van der Waals surface area contributed by atoms with Crippen molar-refractivity contribution < 1.29 is 9.84 Å². The van der Waals surface area contributed by atoms with Crippen molar-refractivity contribution in [2.24, 2.45) is 17.8 Å². The lowest BCUT2D eigenvalue weighted by Crippen LogP contribution is -2.35. The fourth-order valence-electron chi connectivity index (χ4n) is 3.15. The van der Waals surface area contributed by atoms with Gasteiger partial charge in [0.1, 0.15) is 0 Å². The van der Waals surface area contributed by atoms with Crippen LogP contribution < -0.4 is 5.32 Å². The van der Waals surface area contributed by atoms with E-state index in [9.17, 15) is 5.11 Å². The summed E-state index contributed by atoms with van der Waals surface area (Å²) in [6, 6.07) is 0. The minimum atomic E-state index is -0.358. The van der Waals surface area contributed by atoms with Crippen LogP contribution in [0.3, 0.4) is 0 Å². The van der Waals surface area contributed by atoms with Gasteiger partial charge in [-0.25, -0.2) is 0 Å². The van der Waals surface area contributed by atoms with Crippen LogP contribution >= 0.6 is 0 Å². The average Bonchev–Trinajstić information content (AvgIpc) is 3.20. The van der Waals surface area contributed by atoms with Crippen molar-refractivity contribution in [1.82, 2.24) is 5.32 Å². The first-order valence-electron chi connectivity index (χ1n) is 8.15. The highest BCUT2D eigenvalue weighted by molar-refractivity contribution is 4.80. The van der Waals surface area contributed by atoms with Crippen molar-refractivity contribution in [3.05, 3.63) is 0 Å². The molecule has 2 fully saturated rings. The zero-order valence-electron chi connectivity index (χ0n) is 12.6. The van der Waals surface area contributed by atoms with Crippen LogP contribution in [0.25, 0.3) is 0 Å². The molecule has 2 N–H and O–H groups in total. The highest BCUT2D eigenvalue weighted by Gasteiger charge is 2.27. The monoisotopic (exact) mass is 269 g/mol. The lowest BCUT2D eigenvalue weighted by Gasteiger charge is -2.27. The lowest BCUT2D eigenvalue weighted by atomic mass is 9.89. The molecule has 19 heavy (non-hydrogen) atoms. The second-order valence-corrected chi connectivity index (χ2v) is 6.85. The molecule has 0 saturated heterocycles. The van der Waals surface area contributed by atoms with E-state index in [1.54, 1.807) is 0 Å². The van der Waals surface area contributed by atoms with Gasteiger partial charge in [0.15, 0.2) is 0 Å². The molecule has 2 saturated carbocycles. The van der Waals surface area contributed by atoms with Crippen molar-refractivity contribution in [2.45, 2.75) is 64.6 Å². The summed E-state index contributed by atoms with van der Waals surface area (Å²) in [5.41, 5.74) is 0. The summed E-state index contributed by atoms with van der Waals surface area (Å²) in [7, 11) is 0. The molecule has 0 aliphatic heterocycles. The smallest absolute Gasteiger partial charge is 0.0897 e. The molecular weight excluding hydrogens is 238 g/mol. The molecule has 4 atom stereocenters. The van der Waals surface area contributed by atoms with Gasteiger partial charge in [-0.05, 0) is 50.0 Å². The predicted octanol–water partition coefficient (Wildman–Crippen LogP) is 2.58. The van der Waals surface area contributed by atoms with Crippen molar-refractivity contribution in [1.29, 1.82) is 0 Å². The van der Waals surface area contributed by atoms with Crippen molar-refractivity contribution in [2.75, 3.05) is 19.7 Å². The Morgan fingerprint density at radius 1 is 1.21 bits per heavy atom. The minimum Gasteiger partial charge on any atom is -0.389 e. The normalized spacial score (nSPS) is 31.1. The number of aliphatic hydroxyl groups excluding tert-OH is 1. The summed E-state index contributed by atoms with van der Waals surface area (Å²) in [4.78, 5) is 0. The molecule has 0 amide bonds. The maximum Gasteiger partial charge on any atom is 0.0897 e. The van der Waals surface area contributed by atoms with E-state index < -0.39 is 0 Å². The van der Waals surface area contributed by atoms with Crippen LogP contribution in [0.5, 0.6) is 0 Å². The van der Waals surface area contributed by atoms with E-state index in [4.69, 9.17) is 4.74 Å². The average molecular weight is 269 g/mol. The zero-order chi connectivity index (χ0) is 13.7. The van der Waals surface area contributed by atoms with Gasteiger partial charge in [0.05, 0.1) is 18.8 Å². The summed E-state index contributed by atoms with van der Waals surface area (Å²) < 4.78 is 5.84. The Morgan fingerprint density at radius 2 is 2.00 bits per heavy atom. The molecule has 4 unspecified atom stereocenters. The Balaban J connectivity index is 1.50. The summed E-state index contributed by atoms with van der Waals surface area (Å²) >= 11 is 0. The van der Waals surface area contributed by atoms with E-state index in [1.165, 1.54) is 38.5 Å². The van der Waals surface area contributed by atoms with Gasteiger partial charge in [-0.15, -0.1) is 0 Å². The number of aliphatic hydroxyl groups is 1. The highest BCUT2D eigenvalue weighted by atomic mass is 16.5. The summed E-state index contributed by atoms with van der Waals surface area (Å²) in [5.74, 6) is 2.48. The van der Waals surface area contributed by atoms with Gasteiger partial charge in [-0.1, -0.05) is 26.7 Å². The highest BCUT2D eigenvalue weighted by Crippen LogP contribution is 2.36. The largest absolute Gasteiger partial charge is 0.389 e. The van der Waals surface area contributed by atoms with E-state index in [-0.39, 0.29) is 6.10 Å². The summed E-state index contributed by atoms with van der Waals surface area (Å²) in [6.07, 6.45) is 7.76. The first kappa shape index (κ1) is 15.3. The van der Waals surface area contributed by atoms with Gasteiger partial charge in [-0.3, -0.25) is 0 Å². The second-order valence-electron chi connectivity index (χ2n) is 6.85. The molecule has 0 radical (unpaired) electrons. The van der Waals surface area contributed by atoms with E-state index in [2.05, 4.69) is 19.2 Å². The number of hydrogen-bond acceptors (Lipinski definition) is 3. The van der Waals surface area contributed by atoms with Gasteiger partial charge in [0.25, 0.3) is 0 Å². The van der Waals surface area contributed by atoms with Crippen LogP contribution in [0.4, 0.5) is 0 Å². The number of rotatable bonds is 8. The maximum absolute atomic E-state index is 9.93. The molecule has 112 valence electrons. The van der Waals surface area contributed by atoms with Crippen LogP contribution in [0.1, 0.15) is 52.4 Å². The van der Waals surface area contributed by atoms with E-state index in [0.717, 1.165) is 24.3 Å². The van der Waals surface area contributed by atoms with Crippen LogP contribution in [-0.2, 0) is 4.74 Å². The van der Waals surface area contributed by atoms with Gasteiger partial charge < -0.3 is 15.2 Å². The molecule has 2 aliphatic rings. The molecule has 2 rings (SSSR count). The Bertz CT molecular complexity index is 255. The van der Waals surface area contributed by atoms with E-state index in [0.29, 0.717) is 19.3 Å². The lowest BCUT2D eigenvalue weighted by molar-refractivity contribution is -0.0307.